The molecule has 0 radical (unpaired) electrons. The second-order valence-electron chi connectivity index (χ2n) is 8.96. The van der Waals surface area contributed by atoms with Crippen LogP contribution in [0.15, 0.2) is 41.3 Å². The number of anilines is 1. The van der Waals surface area contributed by atoms with Gasteiger partial charge in [-0.2, -0.15) is 14.8 Å². The van der Waals surface area contributed by atoms with Crippen molar-refractivity contribution in [2.75, 3.05) is 58.4 Å². The maximum Gasteiger partial charge on any atom is 0.260 e. The van der Waals surface area contributed by atoms with Gasteiger partial charge in [0.05, 0.1) is 27.3 Å². The number of hydrogen-bond acceptors (Lipinski definition) is 10. The smallest absolute Gasteiger partial charge is 0.260 e. The summed E-state index contributed by atoms with van der Waals surface area (Å²) in [7, 11) is -0.121. The van der Waals surface area contributed by atoms with E-state index in [9.17, 15) is 13.2 Å². The number of hydrogen-bond donors (Lipinski definition) is 0. The number of amides is 1. The highest BCUT2D eigenvalue weighted by atomic mass is 35.5. The molecule has 0 bridgehead atoms. The SMILES string of the molecule is CN(C)CCN(C(=O)c1ccc(S(=O)(=O)N(CCC#N)CCC#N)cc1)c1nc2cc3c(cc2s1)OCCO3.Cl. The van der Waals surface area contributed by atoms with Crippen LogP contribution in [0.5, 0.6) is 11.5 Å². The molecule has 4 rings (SSSR count). The maximum atomic E-state index is 13.7. The lowest BCUT2D eigenvalue weighted by molar-refractivity contribution is 0.0985. The molecule has 2 heterocycles. The van der Waals surface area contributed by atoms with Crippen LogP contribution < -0.4 is 14.4 Å². The van der Waals surface area contributed by atoms with Crippen molar-refractivity contribution in [1.82, 2.24) is 14.2 Å². The zero-order valence-electron chi connectivity index (χ0n) is 22.1. The summed E-state index contributed by atoms with van der Waals surface area (Å²) in [6.07, 6.45) is 0.0108. The summed E-state index contributed by atoms with van der Waals surface area (Å²) in [4.78, 5) is 21.9. The molecule has 0 aliphatic carbocycles. The lowest BCUT2D eigenvalue weighted by atomic mass is 10.2. The van der Waals surface area contributed by atoms with Crippen LogP contribution in [0.2, 0.25) is 0 Å². The monoisotopic (exact) mass is 604 g/mol. The fourth-order valence-corrected chi connectivity index (χ4v) is 6.37. The molecule has 212 valence electrons. The minimum Gasteiger partial charge on any atom is -0.486 e. The van der Waals surface area contributed by atoms with E-state index in [1.807, 2.05) is 43.3 Å². The molecule has 0 N–H and O–H groups in total. The number of likely N-dealkylation sites (N-methyl/N-ethyl adjacent to an activating group) is 1. The van der Waals surface area contributed by atoms with Crippen molar-refractivity contribution in [3.63, 3.8) is 0 Å². The first-order chi connectivity index (χ1) is 18.7. The molecule has 1 aromatic heterocycles. The molecule has 0 spiro atoms. The fourth-order valence-electron chi connectivity index (χ4n) is 3.93. The molecule has 0 saturated carbocycles. The van der Waals surface area contributed by atoms with Crippen LogP contribution in [-0.4, -0.2) is 82.0 Å². The first-order valence-electron chi connectivity index (χ1n) is 12.3. The fraction of sp³-hybridized carbons (Fsp3) is 0.385. The highest BCUT2D eigenvalue weighted by molar-refractivity contribution is 7.89. The number of rotatable bonds is 11. The molecule has 40 heavy (non-hydrogen) atoms. The predicted molar refractivity (Wildman–Crippen MR) is 154 cm³/mol. The van der Waals surface area contributed by atoms with Gasteiger partial charge in [0, 0.05) is 56.7 Å². The van der Waals surface area contributed by atoms with Gasteiger partial charge >= 0.3 is 0 Å². The van der Waals surface area contributed by atoms with E-state index in [2.05, 4.69) is 0 Å². The van der Waals surface area contributed by atoms with Gasteiger partial charge in [0.15, 0.2) is 16.6 Å². The standard InChI is InChI=1S/C26H28N6O5S2.ClH/c1-30(2)13-14-32(26-29-21-17-22-23(18-24(21)38-26)37-16-15-36-22)25(33)19-5-7-20(8-6-19)39(34,35)31(11-3-9-27)12-4-10-28;/h5-8,17-18H,3-4,11-16H2,1-2H3;1H. The Kier molecular flexibility index (Phi) is 10.7. The summed E-state index contributed by atoms with van der Waals surface area (Å²) in [6, 6.07) is 13.2. The molecule has 0 saturated heterocycles. The number of benzene rings is 2. The van der Waals surface area contributed by atoms with E-state index in [0.29, 0.717) is 54.0 Å². The van der Waals surface area contributed by atoms with E-state index < -0.39 is 10.0 Å². The second kappa shape index (κ2) is 13.7. The highest BCUT2D eigenvalue weighted by Crippen LogP contribution is 2.39. The number of halogens is 1. The molecule has 0 atom stereocenters. The van der Waals surface area contributed by atoms with Crippen molar-refractivity contribution in [2.24, 2.45) is 0 Å². The summed E-state index contributed by atoms with van der Waals surface area (Å²) >= 11 is 1.36. The molecule has 0 unspecified atom stereocenters. The number of sulfonamides is 1. The van der Waals surface area contributed by atoms with Gasteiger partial charge in [-0.3, -0.25) is 9.69 Å². The second-order valence-corrected chi connectivity index (χ2v) is 11.9. The van der Waals surface area contributed by atoms with Gasteiger partial charge in [-0.05, 0) is 38.4 Å². The normalized spacial score (nSPS) is 12.6. The van der Waals surface area contributed by atoms with Crippen molar-refractivity contribution in [2.45, 2.75) is 17.7 Å². The Morgan fingerprint density at radius 2 is 1.57 bits per heavy atom. The average molecular weight is 605 g/mol. The Balaban J connectivity index is 0.00000441. The maximum absolute atomic E-state index is 13.7. The van der Waals surface area contributed by atoms with Gasteiger partial charge in [0.1, 0.15) is 13.2 Å². The minimum absolute atomic E-state index is 0. The van der Waals surface area contributed by atoms with Gasteiger partial charge in [-0.1, -0.05) is 11.3 Å². The first kappa shape index (κ1) is 31.1. The molecule has 1 aliphatic rings. The van der Waals surface area contributed by atoms with E-state index in [0.717, 1.165) is 9.01 Å². The molecule has 3 aromatic rings. The summed E-state index contributed by atoms with van der Waals surface area (Å²) in [6.45, 7) is 1.85. The molecule has 14 heteroatoms. The first-order valence-corrected chi connectivity index (χ1v) is 14.5. The molecule has 1 aliphatic heterocycles. The summed E-state index contributed by atoms with van der Waals surface area (Å²) in [5.74, 6) is 0.945. The van der Waals surface area contributed by atoms with Gasteiger partial charge in [0.25, 0.3) is 5.91 Å². The largest absolute Gasteiger partial charge is 0.486 e. The number of carbonyl (C=O) groups is 1. The van der Waals surface area contributed by atoms with E-state index in [4.69, 9.17) is 25.0 Å². The van der Waals surface area contributed by atoms with Gasteiger partial charge in [0.2, 0.25) is 10.0 Å². The van der Waals surface area contributed by atoms with E-state index in [1.54, 1.807) is 4.90 Å². The van der Waals surface area contributed by atoms with Crippen LogP contribution in [-0.2, 0) is 10.0 Å². The van der Waals surface area contributed by atoms with Gasteiger partial charge in [-0.25, -0.2) is 13.4 Å². The zero-order valence-corrected chi connectivity index (χ0v) is 24.5. The van der Waals surface area contributed by atoms with Crippen LogP contribution in [0.1, 0.15) is 23.2 Å². The predicted octanol–water partition coefficient (Wildman–Crippen LogP) is 3.52. The van der Waals surface area contributed by atoms with Crippen molar-refractivity contribution < 1.29 is 22.7 Å². The third-order valence-corrected chi connectivity index (χ3v) is 8.93. The Hall–Kier alpha value is -3.46. The Morgan fingerprint density at radius 3 is 2.15 bits per heavy atom. The number of fused-ring (bicyclic) bond motifs is 2. The summed E-state index contributed by atoms with van der Waals surface area (Å²) < 4.78 is 39.6. The van der Waals surface area contributed by atoms with Crippen molar-refractivity contribution in [3.05, 3.63) is 42.0 Å². The number of carbonyl (C=O) groups excluding carboxylic acids is 1. The number of aromatic nitrogens is 1. The number of thiazole rings is 1. The van der Waals surface area contributed by atoms with Crippen LogP contribution in [0.4, 0.5) is 5.13 Å². The van der Waals surface area contributed by atoms with Gasteiger partial charge in [-0.15, -0.1) is 12.4 Å². The van der Waals surface area contributed by atoms with Gasteiger partial charge < -0.3 is 14.4 Å². The third kappa shape index (κ3) is 6.99. The van der Waals surface area contributed by atoms with E-state index in [1.165, 1.54) is 35.6 Å². The summed E-state index contributed by atoms with van der Waals surface area (Å²) in [5, 5.41) is 18.3. The number of nitriles is 2. The highest BCUT2D eigenvalue weighted by Gasteiger charge is 2.26. The Labute approximate surface area is 243 Å². The average Bonchev–Trinajstić information content (AvgIpc) is 3.33. The topological polar surface area (TPSA) is 140 Å². The zero-order chi connectivity index (χ0) is 28.0. The van der Waals surface area contributed by atoms with Crippen LogP contribution >= 0.6 is 23.7 Å². The lowest BCUT2D eigenvalue weighted by Gasteiger charge is -2.22. The molecule has 2 aromatic carbocycles. The molecule has 0 fully saturated rings. The molecular formula is C26H29ClN6O5S2. The minimum atomic E-state index is -3.94. The molecule has 1 amide bonds. The van der Waals surface area contributed by atoms with Crippen LogP contribution in [0.25, 0.3) is 10.2 Å². The number of nitrogens with zero attached hydrogens (tertiary/aromatic N) is 6. The van der Waals surface area contributed by atoms with Crippen LogP contribution in [0.3, 0.4) is 0 Å². The Morgan fingerprint density at radius 1 is 0.975 bits per heavy atom. The number of ether oxygens (including phenoxy) is 2. The van der Waals surface area contributed by atoms with Crippen LogP contribution in [0, 0.1) is 22.7 Å². The van der Waals surface area contributed by atoms with Crippen molar-refractivity contribution >= 4 is 55.0 Å². The third-order valence-electron chi connectivity index (χ3n) is 5.97. The van der Waals surface area contributed by atoms with Crippen molar-refractivity contribution in [3.8, 4) is 23.6 Å². The van der Waals surface area contributed by atoms with E-state index in [-0.39, 0.29) is 49.1 Å². The quantitative estimate of drug-likeness (QED) is 0.321. The van der Waals surface area contributed by atoms with E-state index >= 15 is 0 Å². The molecule has 11 nitrogen and oxygen atoms in total. The summed E-state index contributed by atoms with van der Waals surface area (Å²) in [5.41, 5.74) is 0.997. The van der Waals surface area contributed by atoms with Crippen molar-refractivity contribution in [1.29, 1.82) is 10.5 Å². The lowest BCUT2D eigenvalue weighted by Crippen LogP contribution is -2.36. The Bertz CT molecular complexity index is 1470. The molecular weight excluding hydrogens is 576 g/mol.